The number of anilines is 1. The standard InChI is InChI=1S/C19H16Cl2N2OS/c1-3-17-18(22-11(2)25-17)12-4-6-13(7-5-12)19(24)23-16-10-14(20)8-9-15(16)21/h4-10H,3H2,1-2H3,(H,23,24). The zero-order valence-corrected chi connectivity index (χ0v) is 16.1. The number of nitrogens with zero attached hydrogens (tertiary/aromatic N) is 1. The smallest absolute Gasteiger partial charge is 0.255 e. The minimum Gasteiger partial charge on any atom is -0.321 e. The second-order valence-electron chi connectivity index (χ2n) is 5.51. The first-order chi connectivity index (χ1) is 12.0. The lowest BCUT2D eigenvalue weighted by molar-refractivity contribution is 0.102. The van der Waals surface area contributed by atoms with Gasteiger partial charge in [-0.05, 0) is 43.7 Å². The number of benzene rings is 2. The summed E-state index contributed by atoms with van der Waals surface area (Å²) in [6.07, 6.45) is 0.941. The van der Waals surface area contributed by atoms with Crippen molar-refractivity contribution in [1.29, 1.82) is 0 Å². The molecule has 2 aromatic carbocycles. The van der Waals surface area contributed by atoms with Crippen LogP contribution in [0.25, 0.3) is 11.3 Å². The zero-order valence-electron chi connectivity index (χ0n) is 13.8. The number of halogens is 2. The van der Waals surface area contributed by atoms with Crippen LogP contribution in [-0.4, -0.2) is 10.9 Å². The summed E-state index contributed by atoms with van der Waals surface area (Å²) < 4.78 is 0. The maximum absolute atomic E-state index is 12.4. The van der Waals surface area contributed by atoms with Gasteiger partial charge in [-0.2, -0.15) is 0 Å². The molecule has 0 radical (unpaired) electrons. The molecule has 0 aliphatic heterocycles. The topological polar surface area (TPSA) is 42.0 Å². The van der Waals surface area contributed by atoms with Gasteiger partial charge in [-0.15, -0.1) is 11.3 Å². The molecular formula is C19H16Cl2N2OS. The number of carbonyl (C=O) groups is 1. The van der Waals surface area contributed by atoms with Gasteiger partial charge in [0, 0.05) is 21.0 Å². The van der Waals surface area contributed by atoms with Gasteiger partial charge in [0.25, 0.3) is 5.91 Å². The van der Waals surface area contributed by atoms with Gasteiger partial charge in [-0.1, -0.05) is 42.3 Å². The molecule has 0 spiro atoms. The lowest BCUT2D eigenvalue weighted by atomic mass is 10.1. The number of aryl methyl sites for hydroxylation is 2. The van der Waals surface area contributed by atoms with Crippen molar-refractivity contribution in [3.05, 3.63) is 68.0 Å². The van der Waals surface area contributed by atoms with Gasteiger partial charge < -0.3 is 5.32 Å². The lowest BCUT2D eigenvalue weighted by Crippen LogP contribution is -2.12. The molecule has 25 heavy (non-hydrogen) atoms. The summed E-state index contributed by atoms with van der Waals surface area (Å²) in [6, 6.07) is 12.4. The molecule has 3 aromatic rings. The summed E-state index contributed by atoms with van der Waals surface area (Å²) in [4.78, 5) is 18.3. The van der Waals surface area contributed by atoms with Crippen molar-refractivity contribution in [1.82, 2.24) is 4.98 Å². The molecule has 1 amide bonds. The van der Waals surface area contributed by atoms with Crippen LogP contribution >= 0.6 is 34.5 Å². The summed E-state index contributed by atoms with van der Waals surface area (Å²) in [6.45, 7) is 4.12. The zero-order chi connectivity index (χ0) is 18.0. The molecule has 0 fully saturated rings. The fraction of sp³-hybridized carbons (Fsp3) is 0.158. The Bertz CT molecular complexity index is 920. The normalized spacial score (nSPS) is 10.7. The predicted molar refractivity (Wildman–Crippen MR) is 106 cm³/mol. The van der Waals surface area contributed by atoms with Crippen LogP contribution in [0, 0.1) is 6.92 Å². The second kappa shape index (κ2) is 7.56. The number of amides is 1. The lowest BCUT2D eigenvalue weighted by Gasteiger charge is -2.08. The minimum absolute atomic E-state index is 0.235. The molecule has 1 aromatic heterocycles. The van der Waals surface area contributed by atoms with Crippen LogP contribution in [0.15, 0.2) is 42.5 Å². The molecule has 1 heterocycles. The van der Waals surface area contributed by atoms with E-state index in [-0.39, 0.29) is 5.91 Å². The highest BCUT2D eigenvalue weighted by Crippen LogP contribution is 2.29. The van der Waals surface area contributed by atoms with Crippen LogP contribution in [0.5, 0.6) is 0 Å². The summed E-state index contributed by atoms with van der Waals surface area (Å²) >= 11 is 13.7. The van der Waals surface area contributed by atoms with E-state index in [1.165, 1.54) is 4.88 Å². The number of aromatic nitrogens is 1. The predicted octanol–water partition coefficient (Wildman–Crippen LogP) is 6.24. The first-order valence-corrected chi connectivity index (χ1v) is 9.38. The van der Waals surface area contributed by atoms with Crippen LogP contribution < -0.4 is 5.32 Å². The van der Waals surface area contributed by atoms with Gasteiger partial charge in [-0.25, -0.2) is 4.98 Å². The molecule has 128 valence electrons. The van der Waals surface area contributed by atoms with E-state index >= 15 is 0 Å². The van der Waals surface area contributed by atoms with Crippen LogP contribution in [-0.2, 0) is 6.42 Å². The molecule has 3 rings (SSSR count). The Morgan fingerprint density at radius 1 is 1.16 bits per heavy atom. The van der Waals surface area contributed by atoms with Crippen molar-refractivity contribution in [2.75, 3.05) is 5.32 Å². The van der Waals surface area contributed by atoms with Crippen molar-refractivity contribution in [3.63, 3.8) is 0 Å². The highest BCUT2D eigenvalue weighted by molar-refractivity contribution is 7.12. The van der Waals surface area contributed by atoms with E-state index in [0.29, 0.717) is 21.3 Å². The van der Waals surface area contributed by atoms with Gasteiger partial charge in [0.05, 0.1) is 21.4 Å². The Hall–Kier alpha value is -1.88. The van der Waals surface area contributed by atoms with Gasteiger partial charge >= 0.3 is 0 Å². The van der Waals surface area contributed by atoms with E-state index in [4.69, 9.17) is 23.2 Å². The molecule has 0 saturated carbocycles. The highest BCUT2D eigenvalue weighted by atomic mass is 35.5. The quantitative estimate of drug-likeness (QED) is 0.572. The summed E-state index contributed by atoms with van der Waals surface area (Å²) in [5, 5.41) is 4.79. The average Bonchev–Trinajstić information content (AvgIpc) is 2.99. The summed E-state index contributed by atoms with van der Waals surface area (Å²) in [7, 11) is 0. The van der Waals surface area contributed by atoms with Crippen LogP contribution in [0.1, 0.15) is 27.2 Å². The molecule has 1 N–H and O–H groups in total. The number of hydrogen-bond donors (Lipinski definition) is 1. The van der Waals surface area contributed by atoms with E-state index in [0.717, 1.165) is 22.7 Å². The molecule has 0 bridgehead atoms. The number of rotatable bonds is 4. The van der Waals surface area contributed by atoms with Gasteiger partial charge in [0.15, 0.2) is 0 Å². The Labute approximate surface area is 160 Å². The van der Waals surface area contributed by atoms with Crippen molar-refractivity contribution in [3.8, 4) is 11.3 Å². The summed E-state index contributed by atoms with van der Waals surface area (Å²) in [5.74, 6) is -0.235. The van der Waals surface area contributed by atoms with E-state index in [9.17, 15) is 4.79 Å². The molecule has 3 nitrogen and oxygen atoms in total. The molecule has 6 heteroatoms. The molecular weight excluding hydrogens is 375 g/mol. The van der Waals surface area contributed by atoms with Gasteiger partial charge in [-0.3, -0.25) is 4.79 Å². The molecule has 0 unspecified atom stereocenters. The van der Waals surface area contributed by atoms with Crippen molar-refractivity contribution < 1.29 is 4.79 Å². The number of hydrogen-bond acceptors (Lipinski definition) is 3. The van der Waals surface area contributed by atoms with Gasteiger partial charge in [0.2, 0.25) is 0 Å². The van der Waals surface area contributed by atoms with E-state index in [2.05, 4.69) is 17.2 Å². The SMILES string of the molecule is CCc1sc(C)nc1-c1ccc(C(=O)Nc2cc(Cl)ccc2Cl)cc1. The fourth-order valence-electron chi connectivity index (χ4n) is 2.50. The molecule has 0 aliphatic rings. The monoisotopic (exact) mass is 390 g/mol. The third-order valence-corrected chi connectivity index (χ3v) is 5.40. The molecule has 0 atom stereocenters. The van der Waals surface area contributed by atoms with E-state index < -0.39 is 0 Å². The molecule has 0 saturated heterocycles. The Balaban J connectivity index is 1.82. The van der Waals surface area contributed by atoms with Crippen LogP contribution in [0.4, 0.5) is 5.69 Å². The third kappa shape index (κ3) is 4.03. The maximum atomic E-state index is 12.4. The van der Waals surface area contributed by atoms with E-state index in [1.54, 1.807) is 41.7 Å². The van der Waals surface area contributed by atoms with Gasteiger partial charge in [0.1, 0.15) is 0 Å². The number of nitrogens with one attached hydrogen (secondary N) is 1. The van der Waals surface area contributed by atoms with Crippen molar-refractivity contribution in [2.24, 2.45) is 0 Å². The number of thiazole rings is 1. The minimum atomic E-state index is -0.235. The van der Waals surface area contributed by atoms with Crippen molar-refractivity contribution >= 4 is 46.1 Å². The first kappa shape index (κ1) is 17.9. The Morgan fingerprint density at radius 3 is 2.56 bits per heavy atom. The van der Waals surface area contributed by atoms with Crippen LogP contribution in [0.3, 0.4) is 0 Å². The number of carbonyl (C=O) groups excluding carboxylic acids is 1. The largest absolute Gasteiger partial charge is 0.321 e. The fourth-order valence-corrected chi connectivity index (χ4v) is 3.74. The average molecular weight is 391 g/mol. The first-order valence-electron chi connectivity index (χ1n) is 7.81. The Morgan fingerprint density at radius 2 is 1.88 bits per heavy atom. The molecule has 0 aliphatic carbocycles. The Kier molecular flexibility index (Phi) is 5.42. The highest BCUT2D eigenvalue weighted by Gasteiger charge is 2.12. The second-order valence-corrected chi connectivity index (χ2v) is 7.65. The van der Waals surface area contributed by atoms with Crippen molar-refractivity contribution in [2.45, 2.75) is 20.3 Å². The third-order valence-electron chi connectivity index (χ3n) is 3.72. The van der Waals surface area contributed by atoms with E-state index in [1.807, 2.05) is 19.1 Å². The van der Waals surface area contributed by atoms with Crippen LogP contribution in [0.2, 0.25) is 10.0 Å². The summed E-state index contributed by atoms with van der Waals surface area (Å²) in [5.41, 5.74) is 3.05. The maximum Gasteiger partial charge on any atom is 0.255 e.